The van der Waals surface area contributed by atoms with Crippen molar-refractivity contribution in [1.82, 2.24) is 9.97 Å². The van der Waals surface area contributed by atoms with E-state index in [9.17, 15) is 5.11 Å². The van der Waals surface area contributed by atoms with Gasteiger partial charge in [-0.1, -0.05) is 23.5 Å². The Balaban J connectivity index is 1.86. The Morgan fingerprint density at radius 1 is 0.966 bits per heavy atom. The van der Waals surface area contributed by atoms with E-state index in [1.165, 1.54) is 31.3 Å². The Bertz CT molecular complexity index is 1010. The van der Waals surface area contributed by atoms with E-state index >= 15 is 0 Å². The van der Waals surface area contributed by atoms with Crippen LogP contribution in [0, 0.1) is 0 Å². The van der Waals surface area contributed by atoms with Crippen LogP contribution in [0.5, 0.6) is 17.2 Å². The van der Waals surface area contributed by atoms with Gasteiger partial charge in [0.25, 0.3) is 0 Å². The van der Waals surface area contributed by atoms with Crippen LogP contribution in [0.3, 0.4) is 0 Å². The zero-order valence-electron chi connectivity index (χ0n) is 16.0. The van der Waals surface area contributed by atoms with Crippen LogP contribution in [0.4, 0.5) is 28.8 Å². The van der Waals surface area contributed by atoms with E-state index in [1.54, 1.807) is 19.2 Å². The number of anilines is 5. The quantitative estimate of drug-likeness (QED) is 0.288. The van der Waals surface area contributed by atoms with E-state index in [0.29, 0.717) is 22.3 Å². The lowest BCUT2D eigenvalue weighted by atomic mass is 10.2. The van der Waals surface area contributed by atoms with Crippen molar-refractivity contribution in [3.05, 3.63) is 47.6 Å². The Kier molecular flexibility index (Phi) is 6.73. The number of benzene rings is 2. The number of ether oxygens (including phenoxy) is 2. The van der Waals surface area contributed by atoms with Gasteiger partial charge in [0, 0.05) is 18.4 Å². The van der Waals surface area contributed by atoms with E-state index in [-0.39, 0.29) is 11.7 Å². The first-order chi connectivity index (χ1) is 14.0. The second-order valence-electron chi connectivity index (χ2n) is 5.74. The molecule has 152 valence electrons. The lowest BCUT2D eigenvalue weighted by Crippen LogP contribution is -2.03. The fourth-order valence-electron chi connectivity index (χ4n) is 2.46. The Hall–Kier alpha value is -3.04. The van der Waals surface area contributed by atoms with Crippen LogP contribution in [-0.2, 0) is 0 Å². The summed E-state index contributed by atoms with van der Waals surface area (Å²) in [7, 11) is 3.14. The third-order valence-corrected chi connectivity index (χ3v) is 4.59. The number of phenolic OH excluding ortho intramolecular Hbond substituents is 1. The van der Waals surface area contributed by atoms with Crippen LogP contribution < -0.4 is 24.8 Å². The molecular formula is C19H20ClN5O3S. The molecule has 3 rings (SSSR count). The highest BCUT2D eigenvalue weighted by atomic mass is 35.5. The number of hydrogen-bond donors (Lipinski definition) is 4. The summed E-state index contributed by atoms with van der Waals surface area (Å²) in [6.45, 7) is 0. The van der Waals surface area contributed by atoms with E-state index in [0.717, 1.165) is 17.1 Å². The third kappa shape index (κ3) is 5.07. The molecular weight excluding hydrogens is 414 g/mol. The van der Waals surface area contributed by atoms with Gasteiger partial charge in [0.05, 0.1) is 37.5 Å². The summed E-state index contributed by atoms with van der Waals surface area (Å²) in [5.74, 6) is 1.95. The van der Waals surface area contributed by atoms with E-state index in [2.05, 4.69) is 25.3 Å². The van der Waals surface area contributed by atoms with Crippen molar-refractivity contribution in [2.75, 3.05) is 35.8 Å². The summed E-state index contributed by atoms with van der Waals surface area (Å²) in [4.78, 5) is 8.59. The molecule has 0 saturated heterocycles. The maximum atomic E-state index is 10.1. The first-order valence-electron chi connectivity index (χ1n) is 8.44. The Labute approximate surface area is 177 Å². The maximum Gasteiger partial charge on any atom is 0.229 e. The summed E-state index contributed by atoms with van der Waals surface area (Å²) in [5, 5.41) is 16.6. The zero-order chi connectivity index (χ0) is 20.8. The van der Waals surface area contributed by atoms with Crippen LogP contribution in [0.2, 0.25) is 5.02 Å². The summed E-state index contributed by atoms with van der Waals surface area (Å²) >= 11 is 7.73. The van der Waals surface area contributed by atoms with Gasteiger partial charge in [0.2, 0.25) is 5.95 Å². The molecule has 8 nitrogen and oxygen atoms in total. The van der Waals surface area contributed by atoms with Crippen molar-refractivity contribution in [3.8, 4) is 17.2 Å². The second kappa shape index (κ2) is 9.44. The highest BCUT2D eigenvalue weighted by Gasteiger charge is 2.11. The molecule has 0 saturated carbocycles. The molecule has 2 aromatic carbocycles. The SMILES string of the molecule is COc1ccc(Nc2ncc(Cl)c(Nc3ccc(OC)cc3NSC)n2)c(O)c1. The van der Waals surface area contributed by atoms with E-state index < -0.39 is 0 Å². The van der Waals surface area contributed by atoms with Gasteiger partial charge in [-0.05, 0) is 24.3 Å². The molecule has 3 aromatic rings. The molecule has 0 bridgehead atoms. The number of nitrogens with one attached hydrogen (secondary N) is 3. The molecule has 0 fully saturated rings. The van der Waals surface area contributed by atoms with Crippen LogP contribution in [-0.4, -0.2) is 35.5 Å². The number of halogens is 1. The molecule has 0 spiro atoms. The standard InChI is InChI=1S/C19H20ClN5O3S/c1-27-11-4-6-14(16(8-11)25-29-3)22-18-13(20)10-21-19(24-18)23-15-7-5-12(28-2)9-17(15)26/h4-10,25-26H,1-3H3,(H2,21,22,23,24). The van der Waals surface area contributed by atoms with Gasteiger partial charge < -0.3 is 29.9 Å². The van der Waals surface area contributed by atoms with Gasteiger partial charge in [0.1, 0.15) is 22.3 Å². The van der Waals surface area contributed by atoms with E-state index in [1.807, 2.05) is 24.5 Å². The zero-order valence-corrected chi connectivity index (χ0v) is 17.6. The lowest BCUT2D eigenvalue weighted by molar-refractivity contribution is 0.408. The highest BCUT2D eigenvalue weighted by molar-refractivity contribution is 7.99. The summed E-state index contributed by atoms with van der Waals surface area (Å²) in [6.07, 6.45) is 3.40. The molecule has 0 aliphatic rings. The van der Waals surface area contributed by atoms with Gasteiger partial charge in [-0.2, -0.15) is 4.98 Å². The molecule has 10 heteroatoms. The number of nitrogens with zero attached hydrogens (tertiary/aromatic N) is 2. The van der Waals surface area contributed by atoms with Crippen LogP contribution >= 0.6 is 23.5 Å². The van der Waals surface area contributed by atoms with Gasteiger partial charge in [-0.25, -0.2) is 4.98 Å². The number of phenols is 1. The molecule has 0 aliphatic heterocycles. The number of hydrogen-bond acceptors (Lipinski definition) is 9. The molecule has 0 amide bonds. The van der Waals surface area contributed by atoms with Gasteiger partial charge in [-0.15, -0.1) is 0 Å². The highest BCUT2D eigenvalue weighted by Crippen LogP contribution is 2.34. The largest absolute Gasteiger partial charge is 0.506 e. The van der Waals surface area contributed by atoms with Crippen molar-refractivity contribution in [2.45, 2.75) is 0 Å². The van der Waals surface area contributed by atoms with Crippen LogP contribution in [0.1, 0.15) is 0 Å². The minimum atomic E-state index is 0.0130. The number of aromatic nitrogens is 2. The van der Waals surface area contributed by atoms with Crippen molar-refractivity contribution in [1.29, 1.82) is 0 Å². The number of aromatic hydroxyl groups is 1. The molecule has 4 N–H and O–H groups in total. The molecule has 1 heterocycles. The number of methoxy groups -OCH3 is 2. The molecule has 0 aliphatic carbocycles. The topological polar surface area (TPSA) is 101 Å². The average molecular weight is 434 g/mol. The van der Waals surface area contributed by atoms with Crippen LogP contribution in [0.15, 0.2) is 42.6 Å². The monoisotopic (exact) mass is 433 g/mol. The molecule has 0 radical (unpaired) electrons. The normalized spacial score (nSPS) is 10.3. The van der Waals surface area contributed by atoms with Gasteiger partial charge in [-0.3, -0.25) is 0 Å². The van der Waals surface area contributed by atoms with Gasteiger partial charge in [0.15, 0.2) is 5.82 Å². The number of rotatable bonds is 8. The third-order valence-electron chi connectivity index (χ3n) is 3.89. The minimum absolute atomic E-state index is 0.0130. The fourth-order valence-corrected chi connectivity index (χ4v) is 2.99. The predicted octanol–water partition coefficient (Wildman–Crippen LogP) is 5.03. The predicted molar refractivity (Wildman–Crippen MR) is 118 cm³/mol. The maximum absolute atomic E-state index is 10.1. The average Bonchev–Trinajstić information content (AvgIpc) is 2.73. The van der Waals surface area contributed by atoms with Crippen molar-refractivity contribution < 1.29 is 14.6 Å². The van der Waals surface area contributed by atoms with Gasteiger partial charge >= 0.3 is 0 Å². The first-order valence-corrected chi connectivity index (χ1v) is 10.0. The molecule has 0 unspecified atom stereocenters. The minimum Gasteiger partial charge on any atom is -0.506 e. The molecule has 0 atom stereocenters. The molecule has 29 heavy (non-hydrogen) atoms. The Morgan fingerprint density at radius 3 is 2.31 bits per heavy atom. The summed E-state index contributed by atoms with van der Waals surface area (Å²) in [6, 6.07) is 10.4. The van der Waals surface area contributed by atoms with E-state index in [4.69, 9.17) is 21.1 Å². The second-order valence-corrected chi connectivity index (χ2v) is 6.76. The van der Waals surface area contributed by atoms with Crippen LogP contribution in [0.25, 0.3) is 0 Å². The van der Waals surface area contributed by atoms with Crippen molar-refractivity contribution in [2.24, 2.45) is 0 Å². The summed E-state index contributed by atoms with van der Waals surface area (Å²) in [5.41, 5.74) is 2.01. The Morgan fingerprint density at radius 2 is 1.66 bits per heavy atom. The van der Waals surface area contributed by atoms with Crippen molar-refractivity contribution >= 4 is 52.4 Å². The first kappa shape index (κ1) is 20.7. The lowest BCUT2D eigenvalue weighted by Gasteiger charge is -2.15. The smallest absolute Gasteiger partial charge is 0.229 e. The molecule has 1 aromatic heterocycles. The fraction of sp³-hybridized carbons (Fsp3) is 0.158. The van der Waals surface area contributed by atoms with Crippen molar-refractivity contribution in [3.63, 3.8) is 0 Å². The summed E-state index contributed by atoms with van der Waals surface area (Å²) < 4.78 is 13.5.